The smallest absolute Gasteiger partial charge is 0.433 e. The third-order valence-corrected chi connectivity index (χ3v) is 12.6. The van der Waals surface area contributed by atoms with Gasteiger partial charge in [0, 0.05) is 75.7 Å². The van der Waals surface area contributed by atoms with Crippen molar-refractivity contribution in [1.29, 1.82) is 0 Å². The fourth-order valence-electron chi connectivity index (χ4n) is 8.68. The molecule has 2 atom stereocenters. The van der Waals surface area contributed by atoms with E-state index in [1.807, 2.05) is 18.2 Å². The van der Waals surface area contributed by atoms with Gasteiger partial charge in [-0.1, -0.05) is 53.5 Å². The Morgan fingerprint density at radius 2 is 1.66 bits per heavy atom. The van der Waals surface area contributed by atoms with Crippen LogP contribution in [-0.2, 0) is 31.4 Å². The Bertz CT molecular complexity index is 2640. The molecule has 59 heavy (non-hydrogen) atoms. The van der Waals surface area contributed by atoms with Crippen LogP contribution in [0.25, 0.3) is 33.3 Å². The predicted molar refractivity (Wildman–Crippen MR) is 219 cm³/mol. The number of carbonyl (C=O) groups is 1. The van der Waals surface area contributed by atoms with Crippen molar-refractivity contribution >= 4 is 51.6 Å². The summed E-state index contributed by atoms with van der Waals surface area (Å²) in [6, 6.07) is 13.0. The Morgan fingerprint density at radius 3 is 2.37 bits per heavy atom. The lowest BCUT2D eigenvalue weighted by atomic mass is 9.92. The van der Waals surface area contributed by atoms with Crippen molar-refractivity contribution in [2.75, 3.05) is 52.3 Å². The maximum Gasteiger partial charge on any atom is 0.433 e. The number of urea groups is 1. The molecule has 1 aliphatic carbocycles. The number of hydrogen-bond donors (Lipinski definition) is 2. The lowest BCUT2D eigenvalue weighted by Crippen LogP contribution is -2.61. The maximum atomic E-state index is 14.0. The zero-order chi connectivity index (χ0) is 42.0. The molecule has 3 aliphatic rings. The number of aromatic nitrogens is 4. The largest absolute Gasteiger partial charge is 0.481 e. The molecule has 0 bridgehead atoms. The molecule has 2 fully saturated rings. The highest BCUT2D eigenvalue weighted by molar-refractivity contribution is 6.39. The van der Waals surface area contributed by atoms with Gasteiger partial charge in [0.15, 0.2) is 0 Å². The van der Waals surface area contributed by atoms with Crippen LogP contribution in [0.1, 0.15) is 42.1 Å². The number of halogens is 5. The Balaban J connectivity index is 1.10. The summed E-state index contributed by atoms with van der Waals surface area (Å²) in [5.41, 5.74) is 0.987. The molecule has 1 spiro atoms. The van der Waals surface area contributed by atoms with Gasteiger partial charge in [-0.15, -0.1) is 0 Å². The second-order valence-corrected chi connectivity index (χ2v) is 16.0. The average Bonchev–Trinajstić information content (AvgIpc) is 3.83. The number of pyridine rings is 2. The molecule has 2 N–H and O–H groups in total. The first-order chi connectivity index (χ1) is 28.1. The quantitative estimate of drug-likeness (QED) is 0.162. The van der Waals surface area contributed by atoms with Crippen LogP contribution in [0.15, 0.2) is 58.1 Å². The van der Waals surface area contributed by atoms with Crippen molar-refractivity contribution in [3.8, 4) is 28.3 Å². The van der Waals surface area contributed by atoms with Gasteiger partial charge >= 0.3 is 17.9 Å². The van der Waals surface area contributed by atoms with Gasteiger partial charge < -0.3 is 25.0 Å². The minimum atomic E-state index is -4.88. The number of ether oxygens (including phenoxy) is 2. The van der Waals surface area contributed by atoms with Crippen LogP contribution in [0.3, 0.4) is 0 Å². The van der Waals surface area contributed by atoms with Crippen LogP contribution in [0.5, 0.6) is 5.88 Å². The van der Waals surface area contributed by atoms with Crippen LogP contribution < -0.4 is 26.6 Å². The third kappa shape index (κ3) is 7.19. The summed E-state index contributed by atoms with van der Waals surface area (Å²) < 4.78 is 55.0. The molecule has 0 saturated carbocycles. The van der Waals surface area contributed by atoms with Gasteiger partial charge in [0.1, 0.15) is 16.9 Å². The summed E-state index contributed by atoms with van der Waals surface area (Å²) in [5, 5.41) is 6.35. The Hall–Kier alpha value is -5.16. The molecule has 3 aromatic heterocycles. The summed E-state index contributed by atoms with van der Waals surface area (Å²) >= 11 is 14.1. The maximum absolute atomic E-state index is 14.0. The fraction of sp³-hybridized carbons (Fsp3) is 0.390. The molecular formula is C41H41Cl2F3N8O5. The second-order valence-electron chi connectivity index (χ2n) is 15.2. The number of hydrogen-bond acceptors (Lipinski definition) is 9. The number of nitrogens with one attached hydrogen (secondary N) is 2. The van der Waals surface area contributed by atoms with Crippen molar-refractivity contribution in [2.24, 2.45) is 14.1 Å². The first kappa shape index (κ1) is 40.6. The minimum Gasteiger partial charge on any atom is -0.481 e. The van der Waals surface area contributed by atoms with Crippen molar-refractivity contribution < 1.29 is 27.4 Å². The molecule has 2 amide bonds. The minimum absolute atomic E-state index is 0.0585. The van der Waals surface area contributed by atoms with E-state index in [0.717, 1.165) is 59.0 Å². The molecule has 2 aliphatic heterocycles. The standard InChI is InChI=1S/C41H41Cl2F3N8O5/c1-51-29-20-30(41(44,45)46)49-35(32(29)37(55)52(2)39(51)57)47-26-10-6-8-24(34(26)43)23-7-5-9-25(33(23)42)27-19-22-11-12-28(31(22)36(48-27)59-4)54-16-14-40(21-54)13-15-53(17-18-58-3)38(56)50-40/h5-10,19-20,28H,11-18,21H2,1-4H3,(H,47,49)(H,50,56)/t28-,40-/m0/s1. The molecule has 0 radical (unpaired) electrons. The number of aryl methyl sites for hydroxylation is 2. The lowest BCUT2D eigenvalue weighted by molar-refractivity contribution is -0.141. The molecule has 5 heterocycles. The Labute approximate surface area is 346 Å². The van der Waals surface area contributed by atoms with Crippen LogP contribution >= 0.6 is 23.2 Å². The van der Waals surface area contributed by atoms with Gasteiger partial charge in [-0.25, -0.2) is 19.6 Å². The first-order valence-corrected chi connectivity index (χ1v) is 19.8. The molecule has 5 aromatic rings. The number of amides is 2. The number of alkyl halides is 3. The van der Waals surface area contributed by atoms with Crippen molar-refractivity contribution in [3.05, 3.63) is 96.2 Å². The SMILES string of the molecule is COCCN1CC[C@@]2(CCN([C@H]3CCc4cc(-c5cccc(-c6cccc(Nc7nc(C(F)(F)F)cc8c7c(=O)n(C)c(=O)n8C)c6Cl)c5Cl)nc(OC)c43)C2)NC1=O. The van der Waals surface area contributed by atoms with Gasteiger partial charge in [-0.2, -0.15) is 13.2 Å². The van der Waals surface area contributed by atoms with Gasteiger partial charge in [-0.3, -0.25) is 18.8 Å². The van der Waals surface area contributed by atoms with Gasteiger partial charge in [-0.05, 0) is 49.4 Å². The highest BCUT2D eigenvalue weighted by Gasteiger charge is 2.46. The zero-order valence-corrected chi connectivity index (χ0v) is 34.2. The van der Waals surface area contributed by atoms with Crippen LogP contribution in [-0.4, -0.2) is 87.5 Å². The summed E-state index contributed by atoms with van der Waals surface area (Å²) in [6.45, 7) is 3.28. The van der Waals surface area contributed by atoms with Crippen molar-refractivity contribution in [1.82, 2.24) is 34.2 Å². The number of likely N-dealkylation sites (tertiary alicyclic amines) is 1. The van der Waals surface area contributed by atoms with Gasteiger partial charge in [0.05, 0.1) is 46.2 Å². The molecule has 0 unspecified atom stereocenters. The molecule has 13 nitrogen and oxygen atoms in total. The summed E-state index contributed by atoms with van der Waals surface area (Å²) in [6.07, 6.45) is -1.52. The number of rotatable bonds is 9. The third-order valence-electron chi connectivity index (χ3n) is 11.8. The summed E-state index contributed by atoms with van der Waals surface area (Å²) in [7, 11) is 5.73. The van der Waals surface area contributed by atoms with Crippen LogP contribution in [0, 0.1) is 0 Å². The monoisotopic (exact) mass is 852 g/mol. The number of methoxy groups -OCH3 is 2. The Kier molecular flexibility index (Phi) is 10.6. The van der Waals surface area contributed by atoms with E-state index >= 15 is 0 Å². The van der Waals surface area contributed by atoms with Crippen LogP contribution in [0.4, 0.5) is 29.5 Å². The van der Waals surface area contributed by atoms with E-state index in [4.69, 9.17) is 37.7 Å². The highest BCUT2D eigenvalue weighted by Crippen LogP contribution is 2.47. The summed E-state index contributed by atoms with van der Waals surface area (Å²) in [4.78, 5) is 51.9. The number of fused-ring (bicyclic) bond motifs is 2. The van der Waals surface area contributed by atoms with Gasteiger partial charge in [0.2, 0.25) is 5.88 Å². The second kappa shape index (κ2) is 15.5. The summed E-state index contributed by atoms with van der Waals surface area (Å²) in [5.74, 6) is 0.0735. The van der Waals surface area contributed by atoms with E-state index in [0.29, 0.717) is 59.0 Å². The van der Waals surface area contributed by atoms with Crippen molar-refractivity contribution in [2.45, 2.75) is 43.4 Å². The van der Waals surface area contributed by atoms with E-state index in [-0.39, 0.29) is 39.2 Å². The highest BCUT2D eigenvalue weighted by atomic mass is 35.5. The lowest BCUT2D eigenvalue weighted by Gasteiger charge is -2.40. The number of benzene rings is 2. The molecular weight excluding hydrogens is 812 g/mol. The zero-order valence-electron chi connectivity index (χ0n) is 32.7. The first-order valence-electron chi connectivity index (χ1n) is 19.1. The number of carbonyl (C=O) groups excluding carboxylic acids is 1. The molecule has 2 saturated heterocycles. The molecule has 18 heteroatoms. The normalized spacial score (nSPS) is 19.4. The fourth-order valence-corrected chi connectivity index (χ4v) is 9.28. The number of anilines is 2. The Morgan fingerprint density at radius 1 is 0.949 bits per heavy atom. The predicted octanol–water partition coefficient (Wildman–Crippen LogP) is 6.93. The van der Waals surface area contributed by atoms with E-state index < -0.39 is 28.9 Å². The number of nitrogens with zero attached hydrogens (tertiary/aromatic N) is 6. The average molecular weight is 854 g/mol. The van der Waals surface area contributed by atoms with Crippen molar-refractivity contribution in [3.63, 3.8) is 0 Å². The topological polar surface area (TPSA) is 136 Å². The van der Waals surface area contributed by atoms with Crippen LogP contribution in [0.2, 0.25) is 10.0 Å². The van der Waals surface area contributed by atoms with E-state index in [2.05, 4.69) is 20.5 Å². The molecule has 2 aromatic carbocycles. The van der Waals surface area contributed by atoms with E-state index in [9.17, 15) is 27.6 Å². The van der Waals surface area contributed by atoms with Gasteiger partial charge in [0.25, 0.3) is 5.56 Å². The van der Waals surface area contributed by atoms with E-state index in [1.54, 1.807) is 37.3 Å². The molecule has 8 rings (SSSR count). The molecule has 310 valence electrons. The van der Waals surface area contributed by atoms with E-state index in [1.165, 1.54) is 20.2 Å².